The monoisotopic (exact) mass is 253 g/mol. The molecule has 0 aromatic rings. The summed E-state index contributed by atoms with van der Waals surface area (Å²) in [4.78, 5) is 0. The molecule has 10 heavy (non-hydrogen) atoms. The predicted molar refractivity (Wildman–Crippen MR) is 53.5 cm³/mol. The van der Waals surface area contributed by atoms with Crippen LogP contribution in [0.15, 0.2) is 0 Å². The molecule has 0 atom stereocenters. The Morgan fingerprint density at radius 1 is 1.30 bits per heavy atom. The molecule has 1 saturated carbocycles. The second-order valence-electron chi connectivity index (χ2n) is 3.33. The Balaban J connectivity index is 2.27. The van der Waals surface area contributed by atoms with E-state index in [9.17, 15) is 0 Å². The fourth-order valence-electron chi connectivity index (χ4n) is 1.81. The first-order valence-electron chi connectivity index (χ1n) is 4.09. The highest BCUT2D eigenvalue weighted by molar-refractivity contribution is 14.1. The minimum atomic E-state index is 0.690. The molecule has 60 valence electrons. The number of rotatable bonds is 4. The van der Waals surface area contributed by atoms with Gasteiger partial charge in [-0.1, -0.05) is 29.0 Å². The molecule has 1 rings (SSSR count). The van der Waals surface area contributed by atoms with Crippen molar-refractivity contribution in [3.05, 3.63) is 0 Å². The lowest BCUT2D eigenvalue weighted by Gasteiger charge is -2.41. The predicted octanol–water partition coefficient (Wildman–Crippen LogP) is 2.33. The van der Waals surface area contributed by atoms with Crippen molar-refractivity contribution in [3.63, 3.8) is 0 Å². The number of alkyl halides is 1. The third kappa shape index (κ3) is 1.84. The van der Waals surface area contributed by atoms with Gasteiger partial charge in [-0.15, -0.1) is 0 Å². The molecule has 0 bridgehead atoms. The second-order valence-corrected chi connectivity index (χ2v) is 4.41. The van der Waals surface area contributed by atoms with Crippen LogP contribution in [-0.2, 0) is 0 Å². The third-order valence-electron chi connectivity index (χ3n) is 2.71. The number of hydrogen-bond donors (Lipinski definition) is 1. The molecular formula is C8H16IN. The minimum absolute atomic E-state index is 0.690. The molecule has 2 heteroatoms. The topological polar surface area (TPSA) is 26.0 Å². The minimum Gasteiger partial charge on any atom is -0.330 e. The Kier molecular flexibility index (Phi) is 3.43. The van der Waals surface area contributed by atoms with E-state index >= 15 is 0 Å². The lowest BCUT2D eigenvalue weighted by atomic mass is 9.65. The van der Waals surface area contributed by atoms with Crippen molar-refractivity contribution < 1.29 is 0 Å². The van der Waals surface area contributed by atoms with E-state index in [4.69, 9.17) is 5.73 Å². The van der Waals surface area contributed by atoms with Crippen LogP contribution < -0.4 is 5.73 Å². The molecule has 0 spiro atoms. The molecule has 1 aliphatic carbocycles. The first kappa shape index (κ1) is 8.78. The van der Waals surface area contributed by atoms with E-state index in [0.29, 0.717) is 5.41 Å². The Morgan fingerprint density at radius 3 is 2.30 bits per heavy atom. The van der Waals surface area contributed by atoms with E-state index in [0.717, 1.165) is 6.54 Å². The summed E-state index contributed by atoms with van der Waals surface area (Å²) in [5, 5.41) is 0. The highest BCUT2D eigenvalue weighted by atomic mass is 127. The highest BCUT2D eigenvalue weighted by Gasteiger charge is 2.34. The normalized spacial score (nSPS) is 22.2. The molecule has 0 aliphatic heterocycles. The van der Waals surface area contributed by atoms with Gasteiger partial charge in [0.15, 0.2) is 0 Å². The molecule has 0 aromatic carbocycles. The van der Waals surface area contributed by atoms with Crippen LogP contribution in [0, 0.1) is 5.41 Å². The van der Waals surface area contributed by atoms with Gasteiger partial charge in [0.1, 0.15) is 0 Å². The van der Waals surface area contributed by atoms with Gasteiger partial charge in [-0.05, 0) is 37.6 Å². The standard InChI is InChI=1S/C8H16IN/c9-6-4-8(5-7-10)2-1-3-8/h1-7,10H2. The van der Waals surface area contributed by atoms with Crippen LogP contribution in [0.1, 0.15) is 32.1 Å². The van der Waals surface area contributed by atoms with E-state index in [1.807, 2.05) is 0 Å². The average molecular weight is 253 g/mol. The van der Waals surface area contributed by atoms with Crippen LogP contribution in [0.4, 0.5) is 0 Å². The molecule has 1 nitrogen and oxygen atoms in total. The van der Waals surface area contributed by atoms with Gasteiger partial charge >= 0.3 is 0 Å². The van der Waals surface area contributed by atoms with Crippen molar-refractivity contribution in [1.82, 2.24) is 0 Å². The maximum absolute atomic E-state index is 5.55. The first-order valence-corrected chi connectivity index (χ1v) is 5.62. The Labute approximate surface area is 76.9 Å². The maximum Gasteiger partial charge on any atom is 0.0000564 e. The van der Waals surface area contributed by atoms with E-state index < -0.39 is 0 Å². The largest absolute Gasteiger partial charge is 0.330 e. The lowest BCUT2D eigenvalue weighted by molar-refractivity contribution is 0.120. The summed E-state index contributed by atoms with van der Waals surface area (Å²) >= 11 is 2.47. The highest BCUT2D eigenvalue weighted by Crippen LogP contribution is 2.46. The molecule has 2 N–H and O–H groups in total. The summed E-state index contributed by atoms with van der Waals surface area (Å²) in [5.41, 5.74) is 6.24. The van der Waals surface area contributed by atoms with Crippen molar-refractivity contribution in [3.8, 4) is 0 Å². The van der Waals surface area contributed by atoms with Gasteiger partial charge in [-0.25, -0.2) is 0 Å². The molecule has 0 heterocycles. The Bertz CT molecular complexity index is 91.4. The second kappa shape index (κ2) is 3.90. The zero-order valence-electron chi connectivity index (χ0n) is 6.41. The van der Waals surface area contributed by atoms with Gasteiger partial charge in [-0.2, -0.15) is 0 Å². The summed E-state index contributed by atoms with van der Waals surface area (Å²) in [7, 11) is 0. The molecule has 0 radical (unpaired) electrons. The molecule has 1 fully saturated rings. The molecule has 0 aromatic heterocycles. The number of nitrogens with two attached hydrogens (primary N) is 1. The van der Waals surface area contributed by atoms with Gasteiger partial charge < -0.3 is 5.73 Å². The maximum atomic E-state index is 5.55. The molecule has 1 aliphatic rings. The molecule has 0 unspecified atom stereocenters. The molecule has 0 amide bonds. The lowest BCUT2D eigenvalue weighted by Crippen LogP contribution is -2.32. The number of halogens is 1. The Morgan fingerprint density at radius 2 is 2.00 bits per heavy atom. The molecular weight excluding hydrogens is 237 g/mol. The van der Waals surface area contributed by atoms with E-state index in [1.54, 1.807) is 0 Å². The summed E-state index contributed by atoms with van der Waals surface area (Å²) in [6, 6.07) is 0. The van der Waals surface area contributed by atoms with Crippen molar-refractivity contribution in [2.45, 2.75) is 32.1 Å². The van der Waals surface area contributed by atoms with Gasteiger partial charge in [0.25, 0.3) is 0 Å². The summed E-state index contributed by atoms with van der Waals surface area (Å²) in [6.07, 6.45) is 6.97. The van der Waals surface area contributed by atoms with Crippen LogP contribution in [-0.4, -0.2) is 11.0 Å². The van der Waals surface area contributed by atoms with Crippen molar-refractivity contribution in [2.24, 2.45) is 11.1 Å². The van der Waals surface area contributed by atoms with Crippen LogP contribution >= 0.6 is 22.6 Å². The van der Waals surface area contributed by atoms with Gasteiger partial charge in [0.2, 0.25) is 0 Å². The zero-order chi connectivity index (χ0) is 7.45. The van der Waals surface area contributed by atoms with Crippen LogP contribution in [0.3, 0.4) is 0 Å². The molecule has 0 saturated heterocycles. The fourth-order valence-corrected chi connectivity index (χ4v) is 2.95. The quantitative estimate of drug-likeness (QED) is 0.604. The Hall–Kier alpha value is 0.690. The summed E-state index contributed by atoms with van der Waals surface area (Å²) in [6.45, 7) is 0.886. The van der Waals surface area contributed by atoms with E-state index in [-0.39, 0.29) is 0 Å². The third-order valence-corrected chi connectivity index (χ3v) is 3.25. The smallest absolute Gasteiger partial charge is 0.0000564 e. The zero-order valence-corrected chi connectivity index (χ0v) is 8.56. The van der Waals surface area contributed by atoms with E-state index in [2.05, 4.69) is 22.6 Å². The van der Waals surface area contributed by atoms with Crippen molar-refractivity contribution in [2.75, 3.05) is 11.0 Å². The van der Waals surface area contributed by atoms with E-state index in [1.165, 1.54) is 36.5 Å². The van der Waals surface area contributed by atoms with Gasteiger partial charge in [-0.3, -0.25) is 0 Å². The van der Waals surface area contributed by atoms with Crippen LogP contribution in [0.25, 0.3) is 0 Å². The average Bonchev–Trinajstić information content (AvgIpc) is 1.84. The van der Waals surface area contributed by atoms with Crippen LogP contribution in [0.5, 0.6) is 0 Å². The summed E-state index contributed by atoms with van der Waals surface area (Å²) in [5.74, 6) is 0. The SMILES string of the molecule is NCCC1(CCI)CCC1. The van der Waals surface area contributed by atoms with Gasteiger partial charge in [0, 0.05) is 4.43 Å². The van der Waals surface area contributed by atoms with Crippen LogP contribution in [0.2, 0.25) is 0 Å². The fraction of sp³-hybridized carbons (Fsp3) is 1.00. The van der Waals surface area contributed by atoms with Crippen molar-refractivity contribution in [1.29, 1.82) is 0 Å². The van der Waals surface area contributed by atoms with Crippen molar-refractivity contribution >= 4 is 22.6 Å². The van der Waals surface area contributed by atoms with Gasteiger partial charge in [0.05, 0.1) is 0 Å². The summed E-state index contributed by atoms with van der Waals surface area (Å²) < 4.78 is 1.30. The first-order chi connectivity index (χ1) is 4.83. The number of hydrogen-bond acceptors (Lipinski definition) is 1.